The van der Waals surface area contributed by atoms with E-state index < -0.39 is 0 Å². The summed E-state index contributed by atoms with van der Waals surface area (Å²) in [6.45, 7) is 5.14. The highest BCUT2D eigenvalue weighted by atomic mass is 127. The van der Waals surface area contributed by atoms with E-state index in [2.05, 4.69) is 104 Å². The molecule has 0 radical (unpaired) electrons. The topological polar surface area (TPSA) is 64.7 Å². The molecule has 2 heterocycles. The number of halogens is 1. The van der Waals surface area contributed by atoms with Crippen LogP contribution < -0.4 is 10.6 Å². The van der Waals surface area contributed by atoms with E-state index in [1.54, 1.807) is 6.08 Å². The van der Waals surface area contributed by atoms with Crippen LogP contribution in [0.1, 0.15) is 60.3 Å². The molecule has 2 N–H and O–H groups in total. The minimum absolute atomic E-state index is 0.0212. The van der Waals surface area contributed by atoms with Gasteiger partial charge in [0.15, 0.2) is 0 Å². The highest BCUT2D eigenvalue weighted by Crippen LogP contribution is 2.27. The minimum Gasteiger partial charge on any atom is -0.351 e. The van der Waals surface area contributed by atoms with E-state index >= 15 is 0 Å². The summed E-state index contributed by atoms with van der Waals surface area (Å²) in [7, 11) is 0. The zero-order valence-corrected chi connectivity index (χ0v) is 27.7. The van der Waals surface area contributed by atoms with Crippen LogP contribution in [0.15, 0.2) is 91.0 Å². The summed E-state index contributed by atoms with van der Waals surface area (Å²) in [5.41, 5.74) is 4.71. The molecule has 44 heavy (non-hydrogen) atoms. The Balaban J connectivity index is 1.25. The molecule has 0 unspecified atom stereocenters. The predicted molar refractivity (Wildman–Crippen MR) is 188 cm³/mol. The minimum atomic E-state index is -0.263. The first-order chi connectivity index (χ1) is 21.6. The van der Waals surface area contributed by atoms with Crippen LogP contribution in [0.5, 0.6) is 0 Å². The second-order valence-electron chi connectivity index (χ2n) is 12.0. The van der Waals surface area contributed by atoms with E-state index in [-0.39, 0.29) is 29.8 Å². The average molecular weight is 705 g/mol. The zero-order valence-electron chi connectivity index (χ0n) is 25.5. The molecule has 3 aromatic rings. The molecule has 0 saturated carbocycles. The molecular weight excluding hydrogens is 659 g/mol. The Labute approximate surface area is 276 Å². The fraction of sp³-hybridized carbons (Fsp3) is 0.405. The molecule has 0 aromatic heterocycles. The number of hydrogen-bond acceptors (Lipinski definition) is 4. The van der Waals surface area contributed by atoms with Crippen molar-refractivity contribution >= 4 is 40.5 Å². The summed E-state index contributed by atoms with van der Waals surface area (Å²) in [4.78, 5) is 31.4. The first-order valence-corrected chi connectivity index (χ1v) is 17.6. The van der Waals surface area contributed by atoms with Crippen LogP contribution in [0.2, 0.25) is 0 Å². The molecule has 7 heteroatoms. The van der Waals surface area contributed by atoms with E-state index in [0.29, 0.717) is 19.6 Å². The molecule has 2 amide bonds. The van der Waals surface area contributed by atoms with Gasteiger partial charge in [0.2, 0.25) is 11.8 Å². The fourth-order valence-corrected chi connectivity index (χ4v) is 6.83. The molecule has 2 aliphatic heterocycles. The summed E-state index contributed by atoms with van der Waals surface area (Å²) in [6.07, 6.45) is 8.56. The van der Waals surface area contributed by atoms with Crippen molar-refractivity contribution in [3.63, 3.8) is 0 Å². The lowest BCUT2D eigenvalue weighted by Gasteiger charge is -2.29. The molecule has 2 aliphatic rings. The lowest BCUT2D eigenvalue weighted by molar-refractivity contribution is -0.133. The molecule has 2 atom stereocenters. The van der Waals surface area contributed by atoms with E-state index in [1.807, 2.05) is 30.3 Å². The van der Waals surface area contributed by atoms with Gasteiger partial charge in [0.1, 0.15) is 0 Å². The van der Waals surface area contributed by atoms with Crippen LogP contribution in [0.25, 0.3) is 6.08 Å². The molecular formula is C37H45IN4O2. The molecule has 6 nitrogen and oxygen atoms in total. The van der Waals surface area contributed by atoms with Crippen LogP contribution >= 0.6 is 22.6 Å². The van der Waals surface area contributed by atoms with Crippen molar-refractivity contribution in [3.8, 4) is 0 Å². The third-order valence-corrected chi connectivity index (χ3v) is 9.73. The number of nitrogens with one attached hydrogen (secondary N) is 2. The Morgan fingerprint density at radius 2 is 1.59 bits per heavy atom. The zero-order chi connectivity index (χ0) is 30.6. The highest BCUT2D eigenvalue weighted by Gasteiger charge is 2.32. The van der Waals surface area contributed by atoms with Gasteiger partial charge >= 0.3 is 0 Å². The van der Waals surface area contributed by atoms with Crippen molar-refractivity contribution in [1.29, 1.82) is 0 Å². The monoisotopic (exact) mass is 704 g/mol. The van der Waals surface area contributed by atoms with Crippen LogP contribution in [-0.4, -0.2) is 73.0 Å². The SMILES string of the molecule is O=C(/C=C/c1ccc(CI)cc1)NC[C@@H]1CCN(CC(c2ccccc2)c2ccccc2)C(=O)[C@H](CCCN2CCCC2)N1. The van der Waals surface area contributed by atoms with Gasteiger partial charge in [0, 0.05) is 42.1 Å². The number of alkyl halides is 1. The van der Waals surface area contributed by atoms with Gasteiger partial charge in [0.25, 0.3) is 0 Å². The molecule has 2 saturated heterocycles. The van der Waals surface area contributed by atoms with Gasteiger partial charge in [0.05, 0.1) is 6.04 Å². The number of carbonyl (C=O) groups excluding carboxylic acids is 2. The van der Waals surface area contributed by atoms with Gasteiger partial charge in [-0.2, -0.15) is 0 Å². The molecule has 232 valence electrons. The van der Waals surface area contributed by atoms with Gasteiger partial charge in [-0.15, -0.1) is 0 Å². The third-order valence-electron chi connectivity index (χ3n) is 8.85. The number of benzene rings is 3. The van der Waals surface area contributed by atoms with Crippen molar-refractivity contribution in [2.45, 2.75) is 54.5 Å². The molecule has 5 rings (SSSR count). The Morgan fingerprint density at radius 1 is 0.932 bits per heavy atom. The number of hydrogen-bond donors (Lipinski definition) is 2. The van der Waals surface area contributed by atoms with Crippen LogP contribution in [0.3, 0.4) is 0 Å². The van der Waals surface area contributed by atoms with Gasteiger partial charge in [-0.3, -0.25) is 9.59 Å². The standard InChI is InChI=1S/C37H45IN4O2/c38-26-30-17-15-29(16-18-30)19-20-36(43)39-27-33-21-25-42(37(44)35(40-33)14-9-24-41-22-7-8-23-41)28-34(31-10-3-1-4-11-31)32-12-5-2-6-13-32/h1-6,10-13,15-20,33-35,40H,7-9,14,21-28H2,(H,39,43)/b20-19+/t33-,35-/m0/s1. The van der Waals surface area contributed by atoms with Crippen LogP contribution in [0, 0.1) is 0 Å². The second-order valence-corrected chi connectivity index (χ2v) is 12.8. The van der Waals surface area contributed by atoms with E-state index in [1.165, 1.54) is 42.6 Å². The lowest BCUT2D eigenvalue weighted by Crippen LogP contribution is -2.49. The average Bonchev–Trinajstić information content (AvgIpc) is 3.55. The fourth-order valence-electron chi connectivity index (χ4n) is 6.32. The van der Waals surface area contributed by atoms with E-state index in [9.17, 15) is 9.59 Å². The normalized spacial score (nSPS) is 19.5. The summed E-state index contributed by atoms with van der Waals surface area (Å²) in [6, 6.07) is 29.0. The van der Waals surface area contributed by atoms with Crippen molar-refractivity contribution in [1.82, 2.24) is 20.4 Å². The molecule has 0 bridgehead atoms. The maximum Gasteiger partial charge on any atom is 0.244 e. The summed E-state index contributed by atoms with van der Waals surface area (Å²) < 4.78 is 0.967. The summed E-state index contributed by atoms with van der Waals surface area (Å²) in [5, 5.41) is 6.76. The van der Waals surface area contributed by atoms with Crippen LogP contribution in [0.4, 0.5) is 0 Å². The van der Waals surface area contributed by atoms with Crippen molar-refractivity contribution < 1.29 is 9.59 Å². The first kappa shape index (κ1) is 32.4. The second kappa shape index (κ2) is 16.9. The molecule has 0 aliphatic carbocycles. The van der Waals surface area contributed by atoms with E-state index in [4.69, 9.17) is 0 Å². The number of amides is 2. The highest BCUT2D eigenvalue weighted by molar-refractivity contribution is 14.1. The van der Waals surface area contributed by atoms with Gasteiger partial charge in [-0.25, -0.2) is 0 Å². The summed E-state index contributed by atoms with van der Waals surface area (Å²) in [5.74, 6) is 0.155. The maximum absolute atomic E-state index is 14.1. The van der Waals surface area contributed by atoms with Crippen molar-refractivity contribution in [2.75, 3.05) is 39.3 Å². The van der Waals surface area contributed by atoms with Gasteiger partial charge in [-0.1, -0.05) is 108 Å². The molecule has 0 spiro atoms. The molecule has 2 fully saturated rings. The number of carbonyl (C=O) groups is 2. The quantitative estimate of drug-likeness (QED) is 0.130. The van der Waals surface area contributed by atoms with Crippen molar-refractivity contribution in [3.05, 3.63) is 113 Å². The Morgan fingerprint density at radius 3 is 2.23 bits per heavy atom. The predicted octanol–water partition coefficient (Wildman–Crippen LogP) is 6.02. The van der Waals surface area contributed by atoms with Gasteiger partial charge in [-0.05, 0) is 80.1 Å². The van der Waals surface area contributed by atoms with E-state index in [0.717, 1.165) is 35.8 Å². The Hall–Kier alpha value is -3.01. The smallest absolute Gasteiger partial charge is 0.244 e. The number of nitrogens with zero attached hydrogens (tertiary/aromatic N) is 2. The molecule has 3 aromatic carbocycles. The number of likely N-dealkylation sites (tertiary alicyclic amines) is 1. The lowest BCUT2D eigenvalue weighted by atomic mass is 9.90. The third kappa shape index (κ3) is 9.49. The Bertz CT molecular complexity index is 1300. The van der Waals surface area contributed by atoms with Crippen molar-refractivity contribution in [2.24, 2.45) is 0 Å². The largest absolute Gasteiger partial charge is 0.351 e. The van der Waals surface area contributed by atoms with Crippen LogP contribution in [-0.2, 0) is 14.0 Å². The Kier molecular flexibility index (Phi) is 12.4. The number of rotatable bonds is 13. The summed E-state index contributed by atoms with van der Waals surface area (Å²) >= 11 is 2.35. The van der Waals surface area contributed by atoms with Gasteiger partial charge < -0.3 is 20.4 Å². The maximum atomic E-state index is 14.1. The first-order valence-electron chi connectivity index (χ1n) is 16.1.